The van der Waals surface area contributed by atoms with Crippen LogP contribution in [0.5, 0.6) is 5.88 Å². The molecule has 88 valence electrons. The monoisotopic (exact) mass is 228 g/mol. The highest BCUT2D eigenvalue weighted by Crippen LogP contribution is 2.32. The van der Waals surface area contributed by atoms with E-state index in [1.807, 2.05) is 0 Å². The maximum atomic E-state index is 10.7. The quantitative estimate of drug-likeness (QED) is 0.605. The van der Waals surface area contributed by atoms with Crippen LogP contribution in [-0.4, -0.2) is 33.0 Å². The summed E-state index contributed by atoms with van der Waals surface area (Å²) in [6.07, 6.45) is 0.790. The molecule has 2 heterocycles. The van der Waals surface area contributed by atoms with Gasteiger partial charge in [-0.15, -0.1) is 5.10 Å². The smallest absolute Gasteiger partial charge is 0.352 e. The van der Waals surface area contributed by atoms with Crippen molar-refractivity contribution >= 4 is 5.69 Å². The molecule has 0 spiro atoms. The number of aromatic nitrogens is 2. The zero-order valence-electron chi connectivity index (χ0n) is 9.84. The molecule has 1 aliphatic rings. The van der Waals surface area contributed by atoms with Crippen LogP contribution in [0.2, 0.25) is 0 Å². The number of hydrogen-bond donors (Lipinski definition) is 1. The Bertz CT molecular complexity index is 453. The molecule has 0 saturated carbocycles. The zero-order chi connectivity index (χ0) is 12.6. The molecule has 0 radical (unpaired) electrons. The Morgan fingerprint density at radius 1 is 1.69 bits per heavy atom. The molecule has 1 N–H and O–H groups in total. The summed E-state index contributed by atoms with van der Waals surface area (Å²) in [4.78, 5) is 10.1. The molecule has 0 amide bonds. The number of hydrogen-bond acceptors (Lipinski definition) is 5. The first kappa shape index (κ1) is 9.59. The second-order valence-electron chi connectivity index (χ2n) is 3.61. The van der Waals surface area contributed by atoms with Gasteiger partial charge in [0, 0.05) is 13.2 Å². The molecule has 7 heteroatoms. The summed E-state index contributed by atoms with van der Waals surface area (Å²) in [6, 6.07) is -1.08. The number of nitrogens with zero attached hydrogens (tertiary/aromatic N) is 3. The number of nitro groups is 1. The summed E-state index contributed by atoms with van der Waals surface area (Å²) in [6.45, 7) is 2.31. The maximum absolute atomic E-state index is 10.7. The molecular formula is C9H13N3O4. The Morgan fingerprint density at radius 2 is 2.31 bits per heavy atom. The largest absolute Gasteiger partial charge is 0.487 e. The van der Waals surface area contributed by atoms with Crippen molar-refractivity contribution < 1.29 is 16.1 Å². The molecule has 0 atom stereocenters. The van der Waals surface area contributed by atoms with Crippen molar-refractivity contribution in [3.05, 3.63) is 15.8 Å². The third-order valence-electron chi connectivity index (χ3n) is 2.62. The standard InChI is InChI=1S/C9H13N3O4/c1-6-8(12(14)15)9(13)10-11(6)7-2-4-16-5-3-7/h7H,2-5H2,1H3,(H,10,13)/i7D. The van der Waals surface area contributed by atoms with Gasteiger partial charge in [-0.1, -0.05) is 0 Å². The summed E-state index contributed by atoms with van der Waals surface area (Å²) in [5.74, 6) is -0.634. The van der Waals surface area contributed by atoms with Crippen LogP contribution in [-0.2, 0) is 4.74 Å². The number of ether oxygens (including phenoxy) is 1. The molecule has 16 heavy (non-hydrogen) atoms. The second-order valence-corrected chi connectivity index (χ2v) is 3.61. The van der Waals surface area contributed by atoms with E-state index in [0.29, 0.717) is 26.1 Å². The first-order valence-corrected chi connectivity index (χ1v) is 4.97. The first-order valence-electron chi connectivity index (χ1n) is 5.47. The van der Waals surface area contributed by atoms with Gasteiger partial charge >= 0.3 is 11.6 Å². The molecule has 1 aliphatic heterocycles. The molecule has 1 fully saturated rings. The van der Waals surface area contributed by atoms with Gasteiger partial charge in [-0.2, -0.15) is 0 Å². The molecule has 0 bridgehead atoms. The Balaban J connectivity index is 2.45. The highest BCUT2D eigenvalue weighted by molar-refractivity contribution is 5.44. The Morgan fingerprint density at radius 3 is 2.81 bits per heavy atom. The van der Waals surface area contributed by atoms with Gasteiger partial charge < -0.3 is 9.84 Å². The normalized spacial score (nSPS) is 20.4. The lowest BCUT2D eigenvalue weighted by atomic mass is 10.1. The average Bonchev–Trinajstić information content (AvgIpc) is 2.56. The third kappa shape index (κ3) is 1.73. The Hall–Kier alpha value is -1.63. The number of rotatable bonds is 2. The van der Waals surface area contributed by atoms with Gasteiger partial charge in [0.2, 0.25) is 0 Å². The third-order valence-corrected chi connectivity index (χ3v) is 2.62. The molecule has 1 aromatic rings. The lowest BCUT2D eigenvalue weighted by Gasteiger charge is -2.22. The van der Waals surface area contributed by atoms with E-state index in [9.17, 15) is 15.2 Å². The molecule has 2 rings (SSSR count). The zero-order valence-corrected chi connectivity index (χ0v) is 8.84. The van der Waals surface area contributed by atoms with Crippen molar-refractivity contribution in [2.24, 2.45) is 0 Å². The predicted octanol–water partition coefficient (Wildman–Crippen LogP) is 1.16. The fourth-order valence-electron chi connectivity index (χ4n) is 1.82. The molecule has 1 saturated heterocycles. The second kappa shape index (κ2) is 4.09. The van der Waals surface area contributed by atoms with Gasteiger partial charge in [-0.05, 0) is 19.8 Å². The highest BCUT2D eigenvalue weighted by Gasteiger charge is 2.28. The number of aromatic hydroxyl groups is 1. The SMILES string of the molecule is [2H]C1(n2nc(O)c([N+](=O)[O-])c2C)CCOCC1. The predicted molar refractivity (Wildman–Crippen MR) is 54.4 cm³/mol. The summed E-state index contributed by atoms with van der Waals surface area (Å²) in [5, 5.41) is 23.9. The topological polar surface area (TPSA) is 90.4 Å². The van der Waals surface area contributed by atoms with Crippen LogP contribution in [0.25, 0.3) is 0 Å². The van der Waals surface area contributed by atoms with Crippen LogP contribution in [0.15, 0.2) is 0 Å². The van der Waals surface area contributed by atoms with Gasteiger partial charge in [0.1, 0.15) is 5.69 Å². The molecule has 1 aromatic heterocycles. The van der Waals surface area contributed by atoms with Crippen LogP contribution in [0.4, 0.5) is 5.69 Å². The molecule has 0 unspecified atom stereocenters. The summed E-state index contributed by atoms with van der Waals surface area (Å²) in [7, 11) is 0. The van der Waals surface area contributed by atoms with Crippen LogP contribution in [0.3, 0.4) is 0 Å². The van der Waals surface area contributed by atoms with E-state index in [-0.39, 0.29) is 5.69 Å². The maximum Gasteiger partial charge on any atom is 0.352 e. The van der Waals surface area contributed by atoms with E-state index < -0.39 is 22.5 Å². The van der Waals surface area contributed by atoms with E-state index in [2.05, 4.69) is 5.10 Å². The van der Waals surface area contributed by atoms with E-state index in [4.69, 9.17) is 6.11 Å². The van der Waals surface area contributed by atoms with Gasteiger partial charge in [-0.25, -0.2) is 0 Å². The molecular weight excluding hydrogens is 214 g/mol. The van der Waals surface area contributed by atoms with Crippen LogP contribution in [0.1, 0.15) is 25.9 Å². The van der Waals surface area contributed by atoms with Crippen molar-refractivity contribution in [3.8, 4) is 5.88 Å². The minimum absolute atomic E-state index is 0.199. The van der Waals surface area contributed by atoms with Gasteiger partial charge in [0.25, 0.3) is 0 Å². The lowest BCUT2D eigenvalue weighted by Crippen LogP contribution is -2.21. The summed E-state index contributed by atoms with van der Waals surface area (Å²) >= 11 is 0. The van der Waals surface area contributed by atoms with Gasteiger partial charge in [-0.3, -0.25) is 14.8 Å². The highest BCUT2D eigenvalue weighted by atomic mass is 16.6. The fourth-order valence-corrected chi connectivity index (χ4v) is 1.82. The minimum atomic E-state index is -1.08. The van der Waals surface area contributed by atoms with Crippen LogP contribution in [0, 0.1) is 17.0 Å². The molecule has 0 aromatic carbocycles. The van der Waals surface area contributed by atoms with Gasteiger partial charge in [0.15, 0.2) is 0 Å². The summed E-state index contributed by atoms with van der Waals surface area (Å²) in [5.41, 5.74) is -0.229. The Labute approximate surface area is 93.2 Å². The molecule has 0 aliphatic carbocycles. The van der Waals surface area contributed by atoms with Crippen molar-refractivity contribution in [2.45, 2.75) is 25.8 Å². The van der Waals surface area contributed by atoms with Crippen molar-refractivity contribution in [1.29, 1.82) is 0 Å². The fraction of sp³-hybridized carbons (Fsp3) is 0.667. The van der Waals surface area contributed by atoms with Crippen molar-refractivity contribution in [1.82, 2.24) is 9.78 Å². The van der Waals surface area contributed by atoms with Crippen LogP contribution < -0.4 is 0 Å². The minimum Gasteiger partial charge on any atom is -0.487 e. The van der Waals surface area contributed by atoms with E-state index in [1.165, 1.54) is 11.6 Å². The van der Waals surface area contributed by atoms with Crippen LogP contribution >= 0.6 is 0 Å². The Kier molecular flexibility index (Phi) is 2.45. The van der Waals surface area contributed by atoms with Crippen molar-refractivity contribution in [3.63, 3.8) is 0 Å². The first-order chi connectivity index (χ1) is 7.96. The van der Waals surface area contributed by atoms with Gasteiger partial charge in [0.05, 0.1) is 12.3 Å². The van der Waals surface area contributed by atoms with E-state index in [0.717, 1.165) is 0 Å². The van der Waals surface area contributed by atoms with E-state index >= 15 is 0 Å². The van der Waals surface area contributed by atoms with E-state index in [1.54, 1.807) is 0 Å². The lowest BCUT2D eigenvalue weighted by molar-refractivity contribution is -0.386. The summed E-state index contributed by atoms with van der Waals surface area (Å²) < 4.78 is 14.6. The van der Waals surface area contributed by atoms with Crippen molar-refractivity contribution in [2.75, 3.05) is 13.2 Å². The average molecular weight is 228 g/mol. The molecule has 7 nitrogen and oxygen atoms in total.